The maximum Gasteiger partial charge on any atom is 0.293 e. The van der Waals surface area contributed by atoms with Crippen molar-refractivity contribution in [2.24, 2.45) is 0 Å². The molecule has 5 heteroatoms. The second-order valence-electron chi connectivity index (χ2n) is 2.10. The first kappa shape index (κ1) is 8.99. The van der Waals surface area contributed by atoms with E-state index in [0.29, 0.717) is 17.9 Å². The van der Waals surface area contributed by atoms with Crippen molar-refractivity contribution in [2.75, 3.05) is 5.73 Å². The van der Waals surface area contributed by atoms with E-state index in [9.17, 15) is 4.79 Å². The third kappa shape index (κ3) is 2.20. The predicted octanol–water partition coefficient (Wildman–Crippen LogP) is 1.10. The number of rotatable bonds is 3. The Bertz CT molecular complexity index is 291. The van der Waals surface area contributed by atoms with Crippen LogP contribution in [0, 0.1) is 0 Å². The van der Waals surface area contributed by atoms with Crippen LogP contribution in [-0.4, -0.2) is 11.5 Å². The summed E-state index contributed by atoms with van der Waals surface area (Å²) in [5.74, 6) is 0. The Hall–Kier alpha value is -1.10. The van der Waals surface area contributed by atoms with Crippen molar-refractivity contribution in [1.82, 2.24) is 4.98 Å². The van der Waals surface area contributed by atoms with Gasteiger partial charge in [-0.3, -0.25) is 9.78 Å². The third-order valence-corrected chi connectivity index (χ3v) is 1.69. The van der Waals surface area contributed by atoms with Crippen LogP contribution in [0.1, 0.15) is 5.69 Å². The summed E-state index contributed by atoms with van der Waals surface area (Å²) in [5, 5.41) is 0. The summed E-state index contributed by atoms with van der Waals surface area (Å²) in [6.45, 7) is 0.478. The lowest BCUT2D eigenvalue weighted by Gasteiger charge is -2.02. The SMILES string of the molecule is Nc1cc(Br)cnc1COC=O. The Morgan fingerprint density at radius 2 is 2.50 bits per heavy atom. The fraction of sp³-hybridized carbons (Fsp3) is 0.143. The maximum absolute atomic E-state index is 9.86. The summed E-state index contributed by atoms with van der Waals surface area (Å²) < 4.78 is 5.30. The van der Waals surface area contributed by atoms with Gasteiger partial charge in [0.2, 0.25) is 0 Å². The zero-order valence-corrected chi connectivity index (χ0v) is 7.74. The number of halogens is 1. The minimum atomic E-state index is 0.114. The molecule has 0 aliphatic heterocycles. The van der Waals surface area contributed by atoms with Crippen molar-refractivity contribution in [3.63, 3.8) is 0 Å². The Labute approximate surface area is 77.9 Å². The van der Waals surface area contributed by atoms with Gasteiger partial charge in [0, 0.05) is 10.7 Å². The molecular formula is C7H7BrN2O2. The van der Waals surface area contributed by atoms with Crippen molar-refractivity contribution in [3.05, 3.63) is 22.4 Å². The summed E-state index contributed by atoms with van der Waals surface area (Å²) in [6.07, 6.45) is 1.60. The number of pyridine rings is 1. The molecule has 0 aliphatic carbocycles. The van der Waals surface area contributed by atoms with Crippen LogP contribution in [0.2, 0.25) is 0 Å². The molecule has 0 atom stereocenters. The molecular weight excluding hydrogens is 224 g/mol. The van der Waals surface area contributed by atoms with E-state index in [2.05, 4.69) is 25.7 Å². The molecule has 0 unspecified atom stereocenters. The number of ether oxygens (including phenoxy) is 1. The predicted molar refractivity (Wildman–Crippen MR) is 47.2 cm³/mol. The van der Waals surface area contributed by atoms with Crippen LogP contribution in [0.25, 0.3) is 0 Å². The standard InChI is InChI=1S/C7H7BrN2O2/c8-5-1-6(9)7(10-2-5)3-12-4-11/h1-2,4H,3,9H2. The average molecular weight is 231 g/mol. The zero-order chi connectivity index (χ0) is 8.97. The van der Waals surface area contributed by atoms with Gasteiger partial charge in [-0.05, 0) is 22.0 Å². The minimum Gasteiger partial charge on any atom is -0.461 e. The zero-order valence-electron chi connectivity index (χ0n) is 6.16. The molecule has 0 aliphatic rings. The van der Waals surface area contributed by atoms with E-state index in [-0.39, 0.29) is 6.61 Å². The number of nitrogens with two attached hydrogens (primary N) is 1. The number of hydrogen-bond acceptors (Lipinski definition) is 4. The van der Waals surface area contributed by atoms with E-state index in [4.69, 9.17) is 5.73 Å². The Morgan fingerprint density at radius 3 is 3.08 bits per heavy atom. The highest BCUT2D eigenvalue weighted by Gasteiger charge is 2.00. The van der Waals surface area contributed by atoms with E-state index >= 15 is 0 Å². The van der Waals surface area contributed by atoms with E-state index in [0.717, 1.165) is 4.47 Å². The molecule has 0 amide bonds. The summed E-state index contributed by atoms with van der Waals surface area (Å²) in [6, 6.07) is 1.70. The summed E-state index contributed by atoms with van der Waals surface area (Å²) in [4.78, 5) is 13.8. The van der Waals surface area contributed by atoms with Crippen molar-refractivity contribution in [3.8, 4) is 0 Å². The molecule has 0 saturated heterocycles. The summed E-state index contributed by atoms with van der Waals surface area (Å²) >= 11 is 3.21. The number of carbonyl (C=O) groups excluding carboxylic acids is 1. The van der Waals surface area contributed by atoms with Gasteiger partial charge in [0.05, 0.1) is 5.69 Å². The Balaban J connectivity index is 2.78. The first-order valence-corrected chi connectivity index (χ1v) is 3.98. The molecule has 0 fully saturated rings. The number of anilines is 1. The van der Waals surface area contributed by atoms with Crippen molar-refractivity contribution in [1.29, 1.82) is 0 Å². The number of aromatic nitrogens is 1. The number of carbonyl (C=O) groups is 1. The molecule has 0 radical (unpaired) electrons. The molecule has 1 aromatic rings. The van der Waals surface area contributed by atoms with Crippen molar-refractivity contribution >= 4 is 28.1 Å². The first-order chi connectivity index (χ1) is 5.74. The van der Waals surface area contributed by atoms with Gasteiger partial charge in [0.1, 0.15) is 12.3 Å². The molecule has 0 saturated carbocycles. The van der Waals surface area contributed by atoms with Gasteiger partial charge in [0.25, 0.3) is 6.47 Å². The van der Waals surface area contributed by atoms with Crippen LogP contribution in [0.5, 0.6) is 0 Å². The first-order valence-electron chi connectivity index (χ1n) is 3.19. The minimum absolute atomic E-state index is 0.114. The van der Waals surface area contributed by atoms with Gasteiger partial charge < -0.3 is 10.5 Å². The van der Waals surface area contributed by atoms with E-state index in [1.165, 1.54) is 0 Å². The normalized spacial score (nSPS) is 9.42. The van der Waals surface area contributed by atoms with Gasteiger partial charge in [-0.2, -0.15) is 0 Å². The van der Waals surface area contributed by atoms with Crippen LogP contribution in [0.4, 0.5) is 5.69 Å². The van der Waals surface area contributed by atoms with E-state index in [1.54, 1.807) is 12.3 Å². The Kier molecular flexibility index (Phi) is 3.04. The van der Waals surface area contributed by atoms with Gasteiger partial charge in [0.15, 0.2) is 0 Å². The van der Waals surface area contributed by atoms with Crippen molar-refractivity contribution in [2.45, 2.75) is 6.61 Å². The molecule has 12 heavy (non-hydrogen) atoms. The average Bonchev–Trinajstić information content (AvgIpc) is 2.03. The van der Waals surface area contributed by atoms with Gasteiger partial charge in [-0.15, -0.1) is 0 Å². The monoisotopic (exact) mass is 230 g/mol. The number of nitrogen functional groups attached to an aromatic ring is 1. The summed E-state index contributed by atoms with van der Waals surface area (Å²) in [5.41, 5.74) is 6.64. The largest absolute Gasteiger partial charge is 0.461 e. The lowest BCUT2D eigenvalue weighted by atomic mass is 10.3. The Morgan fingerprint density at radius 1 is 1.75 bits per heavy atom. The van der Waals surface area contributed by atoms with Crippen LogP contribution in [0.15, 0.2) is 16.7 Å². The third-order valence-electron chi connectivity index (χ3n) is 1.26. The molecule has 0 aromatic carbocycles. The van der Waals surface area contributed by atoms with Crippen LogP contribution >= 0.6 is 15.9 Å². The molecule has 1 rings (SSSR count). The molecule has 1 aromatic heterocycles. The quantitative estimate of drug-likeness (QED) is 0.791. The smallest absolute Gasteiger partial charge is 0.293 e. The number of hydrogen-bond donors (Lipinski definition) is 1. The topological polar surface area (TPSA) is 65.2 Å². The van der Waals surface area contributed by atoms with E-state index in [1.807, 2.05) is 0 Å². The molecule has 2 N–H and O–H groups in total. The van der Waals surface area contributed by atoms with Crippen molar-refractivity contribution < 1.29 is 9.53 Å². The van der Waals surface area contributed by atoms with E-state index < -0.39 is 0 Å². The van der Waals surface area contributed by atoms with Crippen LogP contribution < -0.4 is 5.73 Å². The fourth-order valence-corrected chi connectivity index (χ4v) is 1.07. The lowest BCUT2D eigenvalue weighted by molar-refractivity contribution is -0.129. The molecule has 64 valence electrons. The van der Waals surface area contributed by atoms with Gasteiger partial charge >= 0.3 is 0 Å². The fourth-order valence-electron chi connectivity index (χ4n) is 0.717. The molecule has 4 nitrogen and oxygen atoms in total. The van der Waals surface area contributed by atoms with Crippen LogP contribution in [0.3, 0.4) is 0 Å². The number of nitrogens with zero attached hydrogens (tertiary/aromatic N) is 1. The summed E-state index contributed by atoms with van der Waals surface area (Å²) in [7, 11) is 0. The molecule has 1 heterocycles. The lowest BCUT2D eigenvalue weighted by Crippen LogP contribution is -1.99. The highest BCUT2D eigenvalue weighted by molar-refractivity contribution is 9.10. The van der Waals surface area contributed by atoms with Gasteiger partial charge in [-0.1, -0.05) is 0 Å². The van der Waals surface area contributed by atoms with Gasteiger partial charge in [-0.25, -0.2) is 0 Å². The molecule has 0 bridgehead atoms. The second kappa shape index (κ2) is 4.06. The second-order valence-corrected chi connectivity index (χ2v) is 3.01. The molecule has 0 spiro atoms. The highest BCUT2D eigenvalue weighted by atomic mass is 79.9. The highest BCUT2D eigenvalue weighted by Crippen LogP contribution is 2.15. The maximum atomic E-state index is 9.86. The van der Waals surface area contributed by atoms with Crippen LogP contribution in [-0.2, 0) is 16.1 Å².